The SMILES string of the molecule is CCc1ccc(C(C)(C)CNC(=NC)NCc2ccc(S(=O)(=O)N(C)C)s2)cc1.I. The largest absolute Gasteiger partial charge is 0.356 e. The quantitative estimate of drug-likeness (QED) is 0.291. The maximum Gasteiger partial charge on any atom is 0.252 e. The molecular formula is C21H33IN4O2S2. The molecule has 0 aliphatic heterocycles. The van der Waals surface area contributed by atoms with E-state index < -0.39 is 10.0 Å². The minimum atomic E-state index is -3.39. The Morgan fingerprint density at radius 3 is 2.27 bits per heavy atom. The molecule has 0 fully saturated rings. The van der Waals surface area contributed by atoms with E-state index in [1.54, 1.807) is 13.1 Å². The lowest BCUT2D eigenvalue weighted by Gasteiger charge is -2.27. The molecule has 9 heteroatoms. The van der Waals surface area contributed by atoms with Gasteiger partial charge in [0, 0.05) is 38.0 Å². The average molecular weight is 565 g/mol. The third kappa shape index (κ3) is 6.93. The second-order valence-electron chi connectivity index (χ2n) is 7.72. The Morgan fingerprint density at radius 1 is 1.10 bits per heavy atom. The summed E-state index contributed by atoms with van der Waals surface area (Å²) in [7, 11) is 1.42. The summed E-state index contributed by atoms with van der Waals surface area (Å²) < 4.78 is 26.0. The lowest BCUT2D eigenvalue weighted by atomic mass is 9.84. The molecule has 6 nitrogen and oxygen atoms in total. The number of rotatable bonds is 8. The first-order valence-corrected chi connectivity index (χ1v) is 11.9. The highest BCUT2D eigenvalue weighted by Gasteiger charge is 2.21. The third-order valence-electron chi connectivity index (χ3n) is 4.87. The highest BCUT2D eigenvalue weighted by atomic mass is 127. The van der Waals surface area contributed by atoms with Crippen LogP contribution in [-0.2, 0) is 28.4 Å². The molecule has 2 rings (SSSR count). The van der Waals surface area contributed by atoms with E-state index in [4.69, 9.17) is 0 Å². The van der Waals surface area contributed by atoms with Gasteiger partial charge in [0.1, 0.15) is 4.21 Å². The molecule has 2 aromatic rings. The third-order valence-corrected chi connectivity index (χ3v) is 8.23. The molecule has 1 aromatic carbocycles. The van der Waals surface area contributed by atoms with E-state index >= 15 is 0 Å². The van der Waals surface area contributed by atoms with E-state index in [9.17, 15) is 8.42 Å². The highest BCUT2D eigenvalue weighted by molar-refractivity contribution is 14.0. The summed E-state index contributed by atoms with van der Waals surface area (Å²) in [6.07, 6.45) is 1.04. The number of aryl methyl sites for hydroxylation is 1. The second-order valence-corrected chi connectivity index (χ2v) is 11.3. The lowest BCUT2D eigenvalue weighted by molar-refractivity contribution is 0.508. The van der Waals surface area contributed by atoms with Crippen molar-refractivity contribution in [1.82, 2.24) is 14.9 Å². The maximum atomic E-state index is 12.2. The van der Waals surface area contributed by atoms with E-state index in [0.29, 0.717) is 16.7 Å². The fraction of sp³-hybridized carbons (Fsp3) is 0.476. The number of nitrogens with one attached hydrogen (secondary N) is 2. The van der Waals surface area contributed by atoms with Gasteiger partial charge in [-0.1, -0.05) is 45.0 Å². The van der Waals surface area contributed by atoms with Crippen molar-refractivity contribution in [3.05, 3.63) is 52.4 Å². The Kier molecular flexibility index (Phi) is 10.3. The van der Waals surface area contributed by atoms with Gasteiger partial charge in [-0.25, -0.2) is 12.7 Å². The van der Waals surface area contributed by atoms with Crippen LogP contribution < -0.4 is 10.6 Å². The molecule has 0 spiro atoms. The van der Waals surface area contributed by atoms with Gasteiger partial charge in [0.25, 0.3) is 10.0 Å². The lowest BCUT2D eigenvalue weighted by Crippen LogP contribution is -2.43. The van der Waals surface area contributed by atoms with Crippen LogP contribution in [0.2, 0.25) is 0 Å². The number of guanidine groups is 1. The fourth-order valence-corrected chi connectivity index (χ4v) is 5.23. The van der Waals surface area contributed by atoms with Gasteiger partial charge in [0.15, 0.2) is 5.96 Å². The van der Waals surface area contributed by atoms with Crippen molar-refractivity contribution in [2.24, 2.45) is 4.99 Å². The zero-order chi connectivity index (χ0) is 21.7. The number of halogens is 1. The molecule has 1 heterocycles. The van der Waals surface area contributed by atoms with Crippen LogP contribution in [-0.4, -0.2) is 46.4 Å². The first-order valence-electron chi connectivity index (χ1n) is 9.65. The normalized spacial score (nSPS) is 12.6. The minimum Gasteiger partial charge on any atom is -0.356 e. The Morgan fingerprint density at radius 2 is 1.73 bits per heavy atom. The number of hydrogen-bond donors (Lipinski definition) is 2. The predicted octanol–water partition coefficient (Wildman–Crippen LogP) is 3.82. The average Bonchev–Trinajstić information content (AvgIpc) is 3.18. The van der Waals surface area contributed by atoms with E-state index in [0.717, 1.165) is 17.8 Å². The van der Waals surface area contributed by atoms with Crippen LogP contribution in [0.4, 0.5) is 0 Å². The van der Waals surface area contributed by atoms with Gasteiger partial charge in [0.2, 0.25) is 0 Å². The predicted molar refractivity (Wildman–Crippen MR) is 138 cm³/mol. The smallest absolute Gasteiger partial charge is 0.252 e. The molecule has 1 aromatic heterocycles. The van der Waals surface area contributed by atoms with Gasteiger partial charge < -0.3 is 10.6 Å². The van der Waals surface area contributed by atoms with Crippen LogP contribution in [0, 0.1) is 0 Å². The van der Waals surface area contributed by atoms with Crippen LogP contribution >= 0.6 is 35.3 Å². The van der Waals surface area contributed by atoms with Gasteiger partial charge in [-0.05, 0) is 29.7 Å². The molecule has 0 aliphatic carbocycles. The Bertz CT molecular complexity index is 936. The van der Waals surface area contributed by atoms with Crippen molar-refractivity contribution in [3.8, 4) is 0 Å². The van der Waals surface area contributed by atoms with E-state index in [1.165, 1.54) is 40.9 Å². The molecule has 0 bridgehead atoms. The summed E-state index contributed by atoms with van der Waals surface area (Å²) in [5.41, 5.74) is 2.55. The van der Waals surface area contributed by atoms with Crippen LogP contribution in [0.25, 0.3) is 0 Å². The van der Waals surface area contributed by atoms with Crippen molar-refractivity contribution >= 4 is 51.3 Å². The number of benzene rings is 1. The van der Waals surface area contributed by atoms with Gasteiger partial charge >= 0.3 is 0 Å². The summed E-state index contributed by atoms with van der Waals surface area (Å²) in [5, 5.41) is 6.64. The number of nitrogens with zero attached hydrogens (tertiary/aromatic N) is 2. The van der Waals surface area contributed by atoms with E-state index in [-0.39, 0.29) is 29.4 Å². The van der Waals surface area contributed by atoms with Gasteiger partial charge in [-0.2, -0.15) is 0 Å². The van der Waals surface area contributed by atoms with Crippen LogP contribution in [0.15, 0.2) is 45.6 Å². The first kappa shape index (κ1) is 26.9. The maximum absolute atomic E-state index is 12.2. The topological polar surface area (TPSA) is 73.8 Å². The number of sulfonamides is 1. The molecule has 0 radical (unpaired) electrons. The molecular weight excluding hydrogens is 531 g/mol. The van der Waals surface area contributed by atoms with Crippen molar-refractivity contribution < 1.29 is 8.42 Å². The van der Waals surface area contributed by atoms with Gasteiger partial charge in [-0.15, -0.1) is 35.3 Å². The molecule has 2 N–H and O–H groups in total. The highest BCUT2D eigenvalue weighted by Crippen LogP contribution is 2.24. The van der Waals surface area contributed by atoms with Gasteiger partial charge in [0.05, 0.1) is 6.54 Å². The zero-order valence-corrected chi connectivity index (χ0v) is 22.5. The Balaban J connectivity index is 0.00000450. The molecule has 0 unspecified atom stereocenters. The second kappa shape index (κ2) is 11.4. The summed E-state index contributed by atoms with van der Waals surface area (Å²) in [5.74, 6) is 0.689. The molecule has 0 atom stereocenters. The Labute approximate surface area is 202 Å². The minimum absolute atomic E-state index is 0. The van der Waals surface area contributed by atoms with Crippen LogP contribution in [0.5, 0.6) is 0 Å². The molecule has 168 valence electrons. The standard InChI is InChI=1S/C21H32N4O2S2.HI/c1-7-16-8-10-17(11-9-16)21(2,3)15-24-20(22-4)23-14-18-12-13-19(28-18)29(26,27)25(5)6;/h8-13H,7,14-15H2,1-6H3,(H2,22,23,24);1H. The molecule has 0 saturated carbocycles. The molecule has 0 saturated heterocycles. The van der Waals surface area contributed by atoms with Crippen molar-refractivity contribution in [2.75, 3.05) is 27.7 Å². The van der Waals surface area contributed by atoms with Crippen LogP contribution in [0.3, 0.4) is 0 Å². The number of aliphatic imine (C=N–C) groups is 1. The summed E-state index contributed by atoms with van der Waals surface area (Å²) >= 11 is 1.27. The zero-order valence-electron chi connectivity index (χ0n) is 18.5. The van der Waals surface area contributed by atoms with Crippen molar-refractivity contribution in [2.45, 2.75) is 43.4 Å². The summed E-state index contributed by atoms with van der Waals surface area (Å²) in [6, 6.07) is 12.2. The first-order chi connectivity index (χ1) is 13.6. The molecule has 30 heavy (non-hydrogen) atoms. The van der Waals surface area contributed by atoms with Gasteiger partial charge in [-0.3, -0.25) is 4.99 Å². The Hall–Kier alpha value is -1.17. The molecule has 0 aliphatic rings. The van der Waals surface area contributed by atoms with Crippen LogP contribution in [0.1, 0.15) is 36.8 Å². The summed E-state index contributed by atoms with van der Waals surface area (Å²) in [4.78, 5) is 5.22. The van der Waals surface area contributed by atoms with Crippen molar-refractivity contribution in [1.29, 1.82) is 0 Å². The fourth-order valence-electron chi connectivity index (χ4n) is 2.76. The molecule has 0 amide bonds. The number of thiophene rings is 1. The van der Waals surface area contributed by atoms with Crippen molar-refractivity contribution in [3.63, 3.8) is 0 Å². The van der Waals surface area contributed by atoms with E-state index in [1.807, 2.05) is 6.07 Å². The monoisotopic (exact) mass is 564 g/mol. The van der Waals surface area contributed by atoms with E-state index in [2.05, 4.69) is 60.7 Å². The number of hydrogen-bond acceptors (Lipinski definition) is 4. The summed E-state index contributed by atoms with van der Waals surface area (Å²) in [6.45, 7) is 7.80.